The van der Waals surface area contributed by atoms with Crippen LogP contribution < -0.4 is 5.73 Å². The molecule has 3 aromatic rings. The van der Waals surface area contributed by atoms with Gasteiger partial charge in [0.05, 0.1) is 30.3 Å². The van der Waals surface area contributed by atoms with Crippen LogP contribution in [0.1, 0.15) is 57.9 Å². The van der Waals surface area contributed by atoms with Gasteiger partial charge in [-0.25, -0.2) is 0 Å². The first-order chi connectivity index (χ1) is 17.3. The minimum atomic E-state index is -0.573. The second-order valence-electron chi connectivity index (χ2n) is 9.10. The van der Waals surface area contributed by atoms with Crippen molar-refractivity contribution in [2.45, 2.75) is 52.7 Å². The summed E-state index contributed by atoms with van der Waals surface area (Å²) in [7, 11) is 0. The predicted molar refractivity (Wildman–Crippen MR) is 142 cm³/mol. The lowest BCUT2D eigenvalue weighted by Crippen LogP contribution is -2.38. The summed E-state index contributed by atoms with van der Waals surface area (Å²) in [6.07, 6.45) is 1.66. The molecule has 0 fully saturated rings. The van der Waals surface area contributed by atoms with Gasteiger partial charge in [0.15, 0.2) is 5.78 Å². The molecule has 2 N–H and O–H groups in total. The van der Waals surface area contributed by atoms with Gasteiger partial charge in [-0.1, -0.05) is 30.3 Å². The van der Waals surface area contributed by atoms with E-state index in [0.29, 0.717) is 49.5 Å². The molecule has 36 heavy (non-hydrogen) atoms. The van der Waals surface area contributed by atoms with Crippen LogP contribution in [-0.2, 0) is 28.9 Å². The smallest absolute Gasteiger partial charge is 0.250 e. The lowest BCUT2D eigenvalue weighted by Gasteiger charge is -2.23. The Bertz CT molecular complexity index is 1150. The maximum absolute atomic E-state index is 13.5. The first kappa shape index (κ1) is 27.4. The Labute approximate surface area is 216 Å². The van der Waals surface area contributed by atoms with Crippen LogP contribution in [0.25, 0.3) is 0 Å². The largest absolute Gasteiger partial charge is 0.379 e. The summed E-state index contributed by atoms with van der Waals surface area (Å²) < 4.78 is 7.48. The average molecular weight is 510 g/mol. The Morgan fingerprint density at radius 3 is 2.50 bits per heavy atom. The minimum Gasteiger partial charge on any atom is -0.379 e. The zero-order valence-corrected chi connectivity index (χ0v) is 22.1. The van der Waals surface area contributed by atoms with Gasteiger partial charge in [-0.3, -0.25) is 14.4 Å². The van der Waals surface area contributed by atoms with Gasteiger partial charge in [0.1, 0.15) is 0 Å². The number of thiophene rings is 1. The van der Waals surface area contributed by atoms with Crippen molar-refractivity contribution in [3.05, 3.63) is 81.3 Å². The quantitative estimate of drug-likeness (QED) is 0.259. The van der Waals surface area contributed by atoms with E-state index in [4.69, 9.17) is 10.5 Å². The van der Waals surface area contributed by atoms with E-state index < -0.39 is 5.91 Å². The molecule has 0 saturated heterocycles. The summed E-state index contributed by atoms with van der Waals surface area (Å²) in [6, 6.07) is 13.4. The molecule has 0 bridgehead atoms. The van der Waals surface area contributed by atoms with Gasteiger partial charge in [0.25, 0.3) is 5.91 Å². The van der Waals surface area contributed by atoms with Crippen LogP contribution in [0, 0.1) is 6.92 Å². The van der Waals surface area contributed by atoms with Crippen molar-refractivity contribution in [1.82, 2.24) is 9.47 Å². The molecule has 192 valence electrons. The number of carbonyl (C=O) groups is 3. The summed E-state index contributed by atoms with van der Waals surface area (Å²) in [5.74, 6) is -0.904. The number of primary amides is 1. The third-order valence-electron chi connectivity index (χ3n) is 6.03. The molecular formula is C28H35N3O4S. The molecule has 1 aromatic carbocycles. The third-order valence-corrected chi connectivity index (χ3v) is 6.76. The van der Waals surface area contributed by atoms with E-state index in [0.717, 1.165) is 11.1 Å². The SMILES string of the molecule is Cc1c(C(N)=O)cc(C(=O)CN(CCCOC(C)C)C(=O)Cc2ccsc2)n1CCc1ccccc1. The number of nitrogens with zero attached hydrogens (tertiary/aromatic N) is 2. The van der Waals surface area contributed by atoms with Crippen molar-refractivity contribution >= 4 is 28.9 Å². The first-order valence-electron chi connectivity index (χ1n) is 12.2. The molecule has 8 heteroatoms. The number of aromatic nitrogens is 1. The van der Waals surface area contributed by atoms with Gasteiger partial charge in [0.2, 0.25) is 5.91 Å². The molecule has 0 radical (unpaired) electrons. The number of aryl methyl sites for hydroxylation is 1. The Balaban J connectivity index is 1.80. The first-order valence-corrected chi connectivity index (χ1v) is 13.2. The van der Waals surface area contributed by atoms with Crippen molar-refractivity contribution in [3.63, 3.8) is 0 Å². The van der Waals surface area contributed by atoms with Crippen LogP contribution in [0.5, 0.6) is 0 Å². The molecule has 0 unspecified atom stereocenters. The number of rotatable bonds is 14. The molecule has 3 rings (SSSR count). The van der Waals surface area contributed by atoms with E-state index in [1.807, 2.05) is 65.6 Å². The van der Waals surface area contributed by atoms with Crippen molar-refractivity contribution in [1.29, 1.82) is 0 Å². The van der Waals surface area contributed by atoms with Crippen LogP contribution >= 0.6 is 11.3 Å². The second-order valence-corrected chi connectivity index (χ2v) is 9.88. The standard InChI is InChI=1S/C28H35N3O4S/c1-20(2)35-14-7-12-30(27(33)16-23-11-15-36-19-23)18-26(32)25-17-24(28(29)34)21(3)31(25)13-10-22-8-5-4-6-9-22/h4-6,8-9,11,15,17,19-20H,7,10,12-14,16,18H2,1-3H3,(H2,29,34). The average Bonchev–Trinajstić information content (AvgIpc) is 3.47. The fraction of sp³-hybridized carbons (Fsp3) is 0.393. The Hall–Kier alpha value is -3.23. The lowest BCUT2D eigenvalue weighted by atomic mass is 10.1. The van der Waals surface area contributed by atoms with E-state index in [1.54, 1.807) is 17.9 Å². The molecule has 0 aliphatic heterocycles. The topological polar surface area (TPSA) is 94.6 Å². The van der Waals surface area contributed by atoms with E-state index in [2.05, 4.69) is 0 Å². The molecule has 0 aliphatic carbocycles. The Morgan fingerprint density at radius 2 is 1.86 bits per heavy atom. The van der Waals surface area contributed by atoms with E-state index >= 15 is 0 Å². The molecule has 2 amide bonds. The fourth-order valence-electron chi connectivity index (χ4n) is 4.10. The molecule has 2 heterocycles. The summed E-state index contributed by atoms with van der Waals surface area (Å²) >= 11 is 1.54. The summed E-state index contributed by atoms with van der Waals surface area (Å²) in [4.78, 5) is 40.3. The highest BCUT2D eigenvalue weighted by Gasteiger charge is 2.24. The lowest BCUT2D eigenvalue weighted by molar-refractivity contribution is -0.130. The van der Waals surface area contributed by atoms with Gasteiger partial charge in [0, 0.05) is 25.4 Å². The van der Waals surface area contributed by atoms with E-state index in [9.17, 15) is 14.4 Å². The van der Waals surface area contributed by atoms with Crippen LogP contribution in [0.4, 0.5) is 0 Å². The van der Waals surface area contributed by atoms with Crippen molar-refractivity contribution in [2.75, 3.05) is 19.7 Å². The maximum Gasteiger partial charge on any atom is 0.250 e. The zero-order valence-electron chi connectivity index (χ0n) is 21.2. The number of Topliss-reactive ketones (excluding diaryl/α,β-unsaturated/α-hetero) is 1. The molecule has 7 nitrogen and oxygen atoms in total. The number of nitrogens with two attached hydrogens (primary N) is 1. The van der Waals surface area contributed by atoms with Gasteiger partial charge in [-0.05, 0) is 67.6 Å². The molecule has 0 atom stereocenters. The molecule has 0 saturated carbocycles. The van der Waals surface area contributed by atoms with Gasteiger partial charge in [-0.15, -0.1) is 0 Å². The van der Waals surface area contributed by atoms with Gasteiger partial charge < -0.3 is 19.9 Å². The second kappa shape index (κ2) is 13.2. The number of amides is 2. The van der Waals surface area contributed by atoms with Crippen molar-refractivity contribution < 1.29 is 19.1 Å². The van der Waals surface area contributed by atoms with Crippen molar-refractivity contribution in [2.24, 2.45) is 5.73 Å². The van der Waals surface area contributed by atoms with Crippen LogP contribution in [-0.4, -0.2) is 52.9 Å². The van der Waals surface area contributed by atoms with E-state index in [1.165, 1.54) is 11.3 Å². The molecular weight excluding hydrogens is 474 g/mol. The Morgan fingerprint density at radius 1 is 1.11 bits per heavy atom. The molecule has 0 aliphatic rings. The molecule has 0 spiro atoms. The highest BCUT2D eigenvalue weighted by atomic mass is 32.1. The normalized spacial score (nSPS) is 11.1. The predicted octanol–water partition coefficient (Wildman–Crippen LogP) is 4.27. The number of hydrogen-bond acceptors (Lipinski definition) is 5. The van der Waals surface area contributed by atoms with Crippen LogP contribution in [0.15, 0.2) is 53.2 Å². The monoisotopic (exact) mass is 509 g/mol. The summed E-state index contributed by atoms with van der Waals surface area (Å²) in [5.41, 5.74) is 9.03. The Kier molecular flexibility index (Phi) is 10.0. The maximum atomic E-state index is 13.5. The highest BCUT2D eigenvalue weighted by Crippen LogP contribution is 2.18. The van der Waals surface area contributed by atoms with Crippen LogP contribution in [0.3, 0.4) is 0 Å². The fourth-order valence-corrected chi connectivity index (χ4v) is 4.77. The molecule has 2 aromatic heterocycles. The minimum absolute atomic E-state index is 0.0718. The van der Waals surface area contributed by atoms with Crippen LogP contribution in [0.2, 0.25) is 0 Å². The number of ketones is 1. The van der Waals surface area contributed by atoms with Gasteiger partial charge >= 0.3 is 0 Å². The number of ether oxygens (including phenoxy) is 1. The van der Waals surface area contributed by atoms with Crippen molar-refractivity contribution in [3.8, 4) is 0 Å². The number of benzene rings is 1. The number of hydrogen-bond donors (Lipinski definition) is 1. The summed E-state index contributed by atoms with van der Waals surface area (Å²) in [6.45, 7) is 7.09. The summed E-state index contributed by atoms with van der Waals surface area (Å²) in [5, 5.41) is 3.87. The van der Waals surface area contributed by atoms with Gasteiger partial charge in [-0.2, -0.15) is 11.3 Å². The highest BCUT2D eigenvalue weighted by molar-refractivity contribution is 7.08. The third kappa shape index (κ3) is 7.63. The number of carbonyl (C=O) groups excluding carboxylic acids is 3. The van der Waals surface area contributed by atoms with E-state index in [-0.39, 0.29) is 30.8 Å². The zero-order chi connectivity index (χ0) is 26.1.